The lowest BCUT2D eigenvalue weighted by molar-refractivity contribution is 0.669. The molecule has 0 bridgehead atoms. The maximum atomic E-state index is 6.83. The van der Waals surface area contributed by atoms with E-state index in [-0.39, 0.29) is 0 Å². The van der Waals surface area contributed by atoms with E-state index in [0.717, 1.165) is 71.9 Å². The highest BCUT2D eigenvalue weighted by molar-refractivity contribution is 6.24. The molecular weight excluding hydrogens is 574 g/mol. The van der Waals surface area contributed by atoms with E-state index in [2.05, 4.69) is 150 Å². The number of furan rings is 2. The predicted octanol–water partition coefficient (Wildman–Crippen LogP) is 12.9. The van der Waals surface area contributed by atoms with Crippen LogP contribution >= 0.6 is 0 Å². The van der Waals surface area contributed by atoms with E-state index in [0.29, 0.717) is 0 Å². The van der Waals surface area contributed by atoms with Gasteiger partial charge in [-0.3, -0.25) is 0 Å². The van der Waals surface area contributed by atoms with Gasteiger partial charge < -0.3 is 13.7 Å². The minimum absolute atomic E-state index is 0.858. The molecule has 3 nitrogen and oxygen atoms in total. The van der Waals surface area contributed by atoms with Crippen molar-refractivity contribution in [2.45, 2.75) is 0 Å². The fourth-order valence-corrected chi connectivity index (χ4v) is 7.25. The van der Waals surface area contributed by atoms with Crippen molar-refractivity contribution in [3.63, 3.8) is 0 Å². The first-order valence-corrected chi connectivity index (χ1v) is 15.9. The molecule has 0 saturated carbocycles. The molecule has 0 spiro atoms. The summed E-state index contributed by atoms with van der Waals surface area (Å²) in [6.07, 6.45) is 0. The number of benzene rings is 8. The van der Waals surface area contributed by atoms with Crippen molar-refractivity contribution in [3.05, 3.63) is 164 Å². The zero-order valence-corrected chi connectivity index (χ0v) is 25.4. The molecule has 8 aromatic carbocycles. The molecule has 2 aromatic heterocycles. The lowest BCUT2D eigenvalue weighted by Crippen LogP contribution is -2.11. The maximum absolute atomic E-state index is 6.83. The first kappa shape index (κ1) is 26.0. The minimum Gasteiger partial charge on any atom is -0.456 e. The summed E-state index contributed by atoms with van der Waals surface area (Å²) in [4.78, 5) is 2.37. The van der Waals surface area contributed by atoms with E-state index in [4.69, 9.17) is 8.83 Å². The molecule has 0 fully saturated rings. The molecule has 3 heteroatoms. The number of rotatable bonds is 4. The summed E-state index contributed by atoms with van der Waals surface area (Å²) in [5.74, 6) is 0. The van der Waals surface area contributed by atoms with Crippen LogP contribution in [0.2, 0.25) is 0 Å². The van der Waals surface area contributed by atoms with Crippen molar-refractivity contribution in [2.75, 3.05) is 4.90 Å². The SMILES string of the molecule is c1ccc(-c2cccc(N(c3ccc4oc5ccccc5c4c3)c3c4ccc5ccccc5c4cc4c3oc3ccccc34)c2)cc1. The molecular formula is C44H27NO2. The zero-order chi connectivity index (χ0) is 30.9. The Balaban J connectivity index is 1.36. The Morgan fingerprint density at radius 2 is 1.00 bits per heavy atom. The molecule has 10 aromatic rings. The second-order valence-electron chi connectivity index (χ2n) is 12.1. The summed E-state index contributed by atoms with van der Waals surface area (Å²) in [7, 11) is 0. The van der Waals surface area contributed by atoms with Crippen molar-refractivity contribution >= 4 is 82.5 Å². The van der Waals surface area contributed by atoms with Gasteiger partial charge in [-0.15, -0.1) is 0 Å². The van der Waals surface area contributed by atoms with Crippen molar-refractivity contribution in [1.29, 1.82) is 0 Å². The third kappa shape index (κ3) is 4.00. The monoisotopic (exact) mass is 601 g/mol. The molecule has 0 atom stereocenters. The van der Waals surface area contributed by atoms with E-state index in [1.54, 1.807) is 0 Å². The number of hydrogen-bond donors (Lipinski definition) is 0. The summed E-state index contributed by atoms with van der Waals surface area (Å²) in [5.41, 5.74) is 8.88. The average Bonchev–Trinajstić information content (AvgIpc) is 3.70. The molecule has 0 N–H and O–H groups in total. The molecule has 10 rings (SSSR count). The summed E-state index contributed by atoms with van der Waals surface area (Å²) in [5, 5.41) is 9.11. The highest BCUT2D eigenvalue weighted by Gasteiger charge is 2.24. The van der Waals surface area contributed by atoms with Gasteiger partial charge in [0.25, 0.3) is 0 Å². The molecule has 0 amide bonds. The van der Waals surface area contributed by atoms with E-state index < -0.39 is 0 Å². The Morgan fingerprint density at radius 3 is 1.85 bits per heavy atom. The van der Waals surface area contributed by atoms with E-state index in [9.17, 15) is 0 Å². The van der Waals surface area contributed by atoms with Crippen LogP contribution in [-0.2, 0) is 0 Å². The molecule has 47 heavy (non-hydrogen) atoms. The van der Waals surface area contributed by atoms with Crippen LogP contribution in [0, 0.1) is 0 Å². The van der Waals surface area contributed by atoms with Gasteiger partial charge in [0.1, 0.15) is 16.7 Å². The third-order valence-electron chi connectivity index (χ3n) is 9.42. The first-order chi connectivity index (χ1) is 23.3. The second kappa shape index (κ2) is 10.1. The van der Waals surface area contributed by atoms with Crippen LogP contribution in [0.5, 0.6) is 0 Å². The maximum Gasteiger partial charge on any atom is 0.160 e. The fourth-order valence-electron chi connectivity index (χ4n) is 7.25. The summed E-state index contributed by atoms with van der Waals surface area (Å²) >= 11 is 0. The Kier molecular flexibility index (Phi) is 5.57. The van der Waals surface area contributed by atoms with Gasteiger partial charge in [0.15, 0.2) is 5.58 Å². The van der Waals surface area contributed by atoms with Gasteiger partial charge >= 0.3 is 0 Å². The molecule has 220 valence electrons. The van der Waals surface area contributed by atoms with E-state index in [1.807, 2.05) is 18.2 Å². The van der Waals surface area contributed by atoms with Crippen LogP contribution in [0.3, 0.4) is 0 Å². The Hall–Kier alpha value is -6.32. The minimum atomic E-state index is 0.858. The van der Waals surface area contributed by atoms with Gasteiger partial charge in [0.05, 0.1) is 5.69 Å². The van der Waals surface area contributed by atoms with E-state index in [1.165, 1.54) is 21.7 Å². The molecule has 0 aliphatic rings. The van der Waals surface area contributed by atoms with Gasteiger partial charge in [0, 0.05) is 38.3 Å². The van der Waals surface area contributed by atoms with Gasteiger partial charge in [0.2, 0.25) is 0 Å². The summed E-state index contributed by atoms with van der Waals surface area (Å²) in [6, 6.07) is 57.9. The lowest BCUT2D eigenvalue weighted by Gasteiger charge is -2.28. The summed E-state index contributed by atoms with van der Waals surface area (Å²) in [6.45, 7) is 0. The Labute approximate surface area is 270 Å². The van der Waals surface area contributed by atoms with E-state index >= 15 is 0 Å². The number of nitrogens with zero attached hydrogens (tertiary/aromatic N) is 1. The number of hydrogen-bond acceptors (Lipinski definition) is 3. The normalized spacial score (nSPS) is 11.8. The molecule has 0 unspecified atom stereocenters. The van der Waals surface area contributed by atoms with Crippen molar-refractivity contribution in [3.8, 4) is 11.1 Å². The van der Waals surface area contributed by atoms with Crippen LogP contribution < -0.4 is 4.90 Å². The lowest BCUT2D eigenvalue weighted by atomic mass is 9.96. The van der Waals surface area contributed by atoms with Crippen LogP contribution in [0.1, 0.15) is 0 Å². The highest BCUT2D eigenvalue weighted by Crippen LogP contribution is 2.49. The van der Waals surface area contributed by atoms with Gasteiger partial charge in [-0.25, -0.2) is 0 Å². The standard InChI is InChI=1S/C44H27NO2/c1-2-11-28(12-3-1)30-14-10-15-31(25-30)45(32-22-24-42-38(26-32)34-17-6-8-19-40(34)46-42)43-36-23-21-29-13-4-5-16-33(29)37(36)27-39-35-18-7-9-20-41(35)47-44(39)43/h1-27H. The van der Waals surface area contributed by atoms with Crippen LogP contribution in [0.15, 0.2) is 173 Å². The first-order valence-electron chi connectivity index (χ1n) is 15.9. The number of fused-ring (bicyclic) bond motifs is 9. The predicted molar refractivity (Wildman–Crippen MR) is 196 cm³/mol. The molecule has 0 aliphatic carbocycles. The molecule has 0 aliphatic heterocycles. The molecule has 0 radical (unpaired) electrons. The highest BCUT2D eigenvalue weighted by atomic mass is 16.3. The third-order valence-corrected chi connectivity index (χ3v) is 9.42. The van der Waals surface area contributed by atoms with Gasteiger partial charge in [-0.05, 0) is 75.8 Å². The fraction of sp³-hybridized carbons (Fsp3) is 0. The van der Waals surface area contributed by atoms with Crippen molar-refractivity contribution < 1.29 is 8.83 Å². The van der Waals surface area contributed by atoms with Crippen LogP contribution in [0.4, 0.5) is 17.1 Å². The Bertz CT molecular complexity index is 2810. The zero-order valence-electron chi connectivity index (χ0n) is 25.4. The van der Waals surface area contributed by atoms with Crippen molar-refractivity contribution in [1.82, 2.24) is 0 Å². The van der Waals surface area contributed by atoms with Crippen molar-refractivity contribution in [2.24, 2.45) is 0 Å². The number of anilines is 3. The van der Waals surface area contributed by atoms with Crippen LogP contribution in [0.25, 0.3) is 76.5 Å². The average molecular weight is 602 g/mol. The second-order valence-corrected chi connectivity index (χ2v) is 12.1. The van der Waals surface area contributed by atoms with Gasteiger partial charge in [-0.2, -0.15) is 0 Å². The molecule has 2 heterocycles. The Morgan fingerprint density at radius 1 is 0.340 bits per heavy atom. The molecule has 0 saturated heterocycles. The summed E-state index contributed by atoms with van der Waals surface area (Å²) < 4.78 is 13.1. The smallest absolute Gasteiger partial charge is 0.160 e. The van der Waals surface area contributed by atoms with Gasteiger partial charge in [-0.1, -0.05) is 115 Å². The number of para-hydroxylation sites is 2. The largest absolute Gasteiger partial charge is 0.456 e. The quantitative estimate of drug-likeness (QED) is 0.188. The van der Waals surface area contributed by atoms with Crippen LogP contribution in [-0.4, -0.2) is 0 Å². The topological polar surface area (TPSA) is 29.5 Å².